The van der Waals surface area contributed by atoms with Gasteiger partial charge in [-0.15, -0.1) is 11.8 Å². The SMILES string of the molecule is CC(=O)C(Sc1ccc(Br)cc1)C(=O)c1ccccc1. The molecule has 0 bridgehead atoms. The van der Waals surface area contributed by atoms with Gasteiger partial charge < -0.3 is 0 Å². The van der Waals surface area contributed by atoms with E-state index in [0.717, 1.165) is 9.37 Å². The fourth-order valence-electron chi connectivity index (χ4n) is 1.72. The van der Waals surface area contributed by atoms with E-state index < -0.39 is 5.25 Å². The van der Waals surface area contributed by atoms with E-state index in [2.05, 4.69) is 15.9 Å². The Morgan fingerprint density at radius 3 is 2.15 bits per heavy atom. The van der Waals surface area contributed by atoms with Gasteiger partial charge in [0.05, 0.1) is 0 Å². The van der Waals surface area contributed by atoms with E-state index in [1.54, 1.807) is 24.3 Å². The van der Waals surface area contributed by atoms with Gasteiger partial charge in [0.15, 0.2) is 11.6 Å². The molecule has 0 heterocycles. The second-order valence-electron chi connectivity index (χ2n) is 4.29. The maximum Gasteiger partial charge on any atom is 0.183 e. The Labute approximate surface area is 130 Å². The molecule has 1 atom stereocenters. The van der Waals surface area contributed by atoms with Gasteiger partial charge >= 0.3 is 0 Å². The molecule has 0 aliphatic carbocycles. The predicted molar refractivity (Wildman–Crippen MR) is 85.2 cm³/mol. The molecule has 2 aromatic rings. The molecule has 2 rings (SSSR count). The Morgan fingerprint density at radius 2 is 1.60 bits per heavy atom. The van der Waals surface area contributed by atoms with Crippen molar-refractivity contribution in [1.29, 1.82) is 0 Å². The summed E-state index contributed by atoms with van der Waals surface area (Å²) in [6.07, 6.45) is 0. The molecule has 0 radical (unpaired) electrons. The number of benzene rings is 2. The molecule has 0 spiro atoms. The van der Waals surface area contributed by atoms with E-state index >= 15 is 0 Å². The normalized spacial score (nSPS) is 11.9. The van der Waals surface area contributed by atoms with Crippen LogP contribution in [-0.2, 0) is 4.79 Å². The predicted octanol–water partition coefficient (Wildman–Crippen LogP) is 4.38. The first kappa shape index (κ1) is 15.0. The second kappa shape index (κ2) is 6.86. The van der Waals surface area contributed by atoms with Crippen molar-refractivity contribution >= 4 is 39.3 Å². The summed E-state index contributed by atoms with van der Waals surface area (Å²) in [6.45, 7) is 1.46. The maximum atomic E-state index is 12.4. The summed E-state index contributed by atoms with van der Waals surface area (Å²) in [5, 5.41) is -0.696. The fourth-order valence-corrected chi connectivity index (χ4v) is 2.96. The zero-order valence-corrected chi connectivity index (χ0v) is 13.3. The molecule has 0 saturated heterocycles. The van der Waals surface area contributed by atoms with Crippen molar-refractivity contribution < 1.29 is 9.59 Å². The van der Waals surface area contributed by atoms with Crippen molar-refractivity contribution in [3.05, 3.63) is 64.6 Å². The lowest BCUT2D eigenvalue weighted by atomic mass is 10.1. The summed E-state index contributed by atoms with van der Waals surface area (Å²) in [6, 6.07) is 16.5. The number of hydrogen-bond acceptors (Lipinski definition) is 3. The van der Waals surface area contributed by atoms with Crippen molar-refractivity contribution in [3.63, 3.8) is 0 Å². The molecule has 0 aliphatic rings. The average molecular weight is 349 g/mol. The number of carbonyl (C=O) groups is 2. The fraction of sp³-hybridized carbons (Fsp3) is 0.125. The highest BCUT2D eigenvalue weighted by atomic mass is 79.9. The Hall–Kier alpha value is -1.39. The van der Waals surface area contributed by atoms with Crippen LogP contribution in [0.4, 0.5) is 0 Å². The molecule has 4 heteroatoms. The van der Waals surface area contributed by atoms with Crippen LogP contribution in [0.15, 0.2) is 64.0 Å². The Balaban J connectivity index is 2.21. The number of halogens is 1. The first-order valence-corrected chi connectivity index (χ1v) is 7.77. The number of thioether (sulfide) groups is 1. The molecule has 20 heavy (non-hydrogen) atoms. The van der Waals surface area contributed by atoms with E-state index in [9.17, 15) is 9.59 Å². The van der Waals surface area contributed by atoms with Crippen molar-refractivity contribution in [2.45, 2.75) is 17.1 Å². The van der Waals surface area contributed by atoms with Crippen LogP contribution in [0.3, 0.4) is 0 Å². The molecular formula is C16H13BrO2S. The molecule has 0 saturated carbocycles. The van der Waals surface area contributed by atoms with Crippen LogP contribution in [0, 0.1) is 0 Å². The Morgan fingerprint density at radius 1 is 1.00 bits per heavy atom. The first-order valence-electron chi connectivity index (χ1n) is 6.10. The highest BCUT2D eigenvalue weighted by molar-refractivity contribution is 9.10. The van der Waals surface area contributed by atoms with E-state index in [-0.39, 0.29) is 11.6 Å². The zero-order valence-electron chi connectivity index (χ0n) is 10.9. The number of rotatable bonds is 5. The lowest BCUT2D eigenvalue weighted by molar-refractivity contribution is -0.115. The smallest absolute Gasteiger partial charge is 0.183 e. The third-order valence-electron chi connectivity index (χ3n) is 2.73. The molecule has 2 nitrogen and oxygen atoms in total. The molecular weight excluding hydrogens is 336 g/mol. The van der Waals surface area contributed by atoms with Crippen LogP contribution in [0.2, 0.25) is 0 Å². The van der Waals surface area contributed by atoms with Gasteiger partial charge in [-0.1, -0.05) is 46.3 Å². The quantitative estimate of drug-likeness (QED) is 0.456. The number of hydrogen-bond donors (Lipinski definition) is 0. The van der Waals surface area contributed by atoms with Gasteiger partial charge in [0.1, 0.15) is 5.25 Å². The molecule has 102 valence electrons. The van der Waals surface area contributed by atoms with Crippen LogP contribution in [0.25, 0.3) is 0 Å². The van der Waals surface area contributed by atoms with Gasteiger partial charge in [-0.05, 0) is 31.2 Å². The van der Waals surface area contributed by atoms with Crippen molar-refractivity contribution in [2.75, 3.05) is 0 Å². The third kappa shape index (κ3) is 3.81. The van der Waals surface area contributed by atoms with E-state index in [4.69, 9.17) is 0 Å². The summed E-state index contributed by atoms with van der Waals surface area (Å²) < 4.78 is 0.968. The minimum absolute atomic E-state index is 0.133. The molecule has 1 unspecified atom stereocenters. The summed E-state index contributed by atoms with van der Waals surface area (Å²) in [4.78, 5) is 25.1. The van der Waals surface area contributed by atoms with Crippen molar-refractivity contribution in [2.24, 2.45) is 0 Å². The van der Waals surface area contributed by atoms with Gasteiger partial charge in [-0.2, -0.15) is 0 Å². The molecule has 0 aliphatic heterocycles. The standard InChI is InChI=1S/C16H13BrO2S/c1-11(18)16(15(19)12-5-3-2-4-6-12)20-14-9-7-13(17)8-10-14/h2-10,16H,1H3. The van der Waals surface area contributed by atoms with Crippen LogP contribution in [0.5, 0.6) is 0 Å². The van der Waals surface area contributed by atoms with E-state index in [0.29, 0.717) is 5.56 Å². The van der Waals surface area contributed by atoms with Crippen LogP contribution >= 0.6 is 27.7 Å². The average Bonchev–Trinajstić information content (AvgIpc) is 2.46. The summed E-state index contributed by atoms with van der Waals surface area (Å²) in [5.74, 6) is -0.280. The topological polar surface area (TPSA) is 34.1 Å². The minimum Gasteiger partial charge on any atom is -0.298 e. The van der Waals surface area contributed by atoms with Gasteiger partial charge in [0, 0.05) is 14.9 Å². The summed E-state index contributed by atoms with van der Waals surface area (Å²) in [7, 11) is 0. The van der Waals surface area contributed by atoms with E-state index in [1.165, 1.54) is 18.7 Å². The highest BCUT2D eigenvalue weighted by Crippen LogP contribution is 2.27. The molecule has 2 aromatic carbocycles. The van der Waals surface area contributed by atoms with Crippen LogP contribution in [-0.4, -0.2) is 16.8 Å². The van der Waals surface area contributed by atoms with Gasteiger partial charge in [-0.3, -0.25) is 9.59 Å². The Bertz CT molecular complexity index is 608. The van der Waals surface area contributed by atoms with Gasteiger partial charge in [0.2, 0.25) is 0 Å². The first-order chi connectivity index (χ1) is 9.58. The monoisotopic (exact) mass is 348 g/mol. The molecule has 0 fully saturated rings. The second-order valence-corrected chi connectivity index (χ2v) is 6.39. The number of carbonyl (C=O) groups excluding carboxylic acids is 2. The zero-order chi connectivity index (χ0) is 14.5. The number of Topliss-reactive ketones (excluding diaryl/α,β-unsaturated/α-hetero) is 2. The number of ketones is 2. The summed E-state index contributed by atoms with van der Waals surface area (Å²) in [5.41, 5.74) is 0.567. The van der Waals surface area contributed by atoms with Crippen molar-refractivity contribution in [3.8, 4) is 0 Å². The third-order valence-corrected chi connectivity index (χ3v) is 4.59. The highest BCUT2D eigenvalue weighted by Gasteiger charge is 2.25. The van der Waals surface area contributed by atoms with Gasteiger partial charge in [-0.25, -0.2) is 0 Å². The van der Waals surface area contributed by atoms with Crippen molar-refractivity contribution in [1.82, 2.24) is 0 Å². The molecule has 0 N–H and O–H groups in total. The van der Waals surface area contributed by atoms with E-state index in [1.807, 2.05) is 30.3 Å². The lowest BCUT2D eigenvalue weighted by Crippen LogP contribution is -2.24. The summed E-state index contributed by atoms with van der Waals surface area (Å²) >= 11 is 4.65. The Kier molecular flexibility index (Phi) is 5.15. The van der Waals surface area contributed by atoms with Crippen LogP contribution < -0.4 is 0 Å². The maximum absolute atomic E-state index is 12.4. The lowest BCUT2D eigenvalue weighted by Gasteiger charge is -2.12. The largest absolute Gasteiger partial charge is 0.298 e. The molecule has 0 amide bonds. The molecule has 0 aromatic heterocycles. The minimum atomic E-state index is -0.696. The van der Waals surface area contributed by atoms with Gasteiger partial charge in [0.25, 0.3) is 0 Å². The van der Waals surface area contributed by atoms with Crippen LogP contribution in [0.1, 0.15) is 17.3 Å².